The predicted molar refractivity (Wildman–Crippen MR) is 163 cm³/mol. The topological polar surface area (TPSA) is 89.3 Å². The Kier molecular flexibility index (Phi) is 8.37. The monoisotopic (exact) mass is 589 g/mol. The lowest BCUT2D eigenvalue weighted by Gasteiger charge is -2.25. The van der Waals surface area contributed by atoms with Gasteiger partial charge in [-0.05, 0) is 47.5 Å². The lowest BCUT2D eigenvalue weighted by molar-refractivity contribution is -0.123. The number of carbonyl (C=O) groups is 2. The predicted octanol–water partition coefficient (Wildman–Crippen LogP) is 5.71. The molecule has 2 amide bonds. The van der Waals surface area contributed by atoms with Crippen molar-refractivity contribution in [3.8, 4) is 11.4 Å². The first-order valence-corrected chi connectivity index (χ1v) is 14.7. The molecule has 8 nitrogen and oxygen atoms in total. The largest absolute Gasteiger partial charge is 0.497 e. The summed E-state index contributed by atoms with van der Waals surface area (Å²) in [4.78, 5) is 32.8. The summed E-state index contributed by atoms with van der Waals surface area (Å²) in [5.41, 5.74) is 3.85. The first-order chi connectivity index (χ1) is 19.7. The summed E-state index contributed by atoms with van der Waals surface area (Å²) in [5, 5.41) is 8.38. The third-order valence-corrected chi connectivity index (χ3v) is 8.40. The molecule has 41 heavy (non-hydrogen) atoms. The Hall–Kier alpha value is -3.82. The summed E-state index contributed by atoms with van der Waals surface area (Å²) >= 11 is 8.23. The van der Waals surface area contributed by atoms with Crippen LogP contribution in [0.2, 0.25) is 5.02 Å². The van der Waals surface area contributed by atoms with E-state index in [0.717, 1.165) is 28.1 Å². The number of hydrogen-bond donors (Lipinski definition) is 1. The molecule has 1 N–H and O–H groups in total. The summed E-state index contributed by atoms with van der Waals surface area (Å²) in [7, 11) is 1.61. The van der Waals surface area contributed by atoms with Crippen molar-refractivity contribution in [1.82, 2.24) is 20.1 Å². The molecule has 0 bridgehead atoms. The molecule has 1 aliphatic heterocycles. The van der Waals surface area contributed by atoms with Crippen LogP contribution in [0.3, 0.4) is 0 Å². The highest BCUT2D eigenvalue weighted by molar-refractivity contribution is 8.00. The van der Waals surface area contributed by atoms with Crippen molar-refractivity contribution in [1.29, 1.82) is 0 Å². The maximum Gasteiger partial charge on any atom is 0.240 e. The van der Waals surface area contributed by atoms with E-state index in [1.165, 1.54) is 11.8 Å². The Morgan fingerprint density at radius 1 is 1.12 bits per heavy atom. The van der Waals surface area contributed by atoms with Crippen LogP contribution >= 0.6 is 23.4 Å². The molecular formula is C31H32ClN5O3S. The Morgan fingerprint density at radius 2 is 1.88 bits per heavy atom. The Bertz CT molecular complexity index is 1550. The van der Waals surface area contributed by atoms with Gasteiger partial charge in [0, 0.05) is 34.9 Å². The summed E-state index contributed by atoms with van der Waals surface area (Å²) in [6.45, 7) is 6.44. The van der Waals surface area contributed by atoms with Gasteiger partial charge < -0.3 is 10.1 Å². The van der Waals surface area contributed by atoms with Crippen LogP contribution in [0.5, 0.6) is 5.75 Å². The van der Waals surface area contributed by atoms with Gasteiger partial charge in [0.25, 0.3) is 0 Å². The molecular weight excluding hydrogens is 558 g/mol. The molecule has 1 atom stereocenters. The summed E-state index contributed by atoms with van der Waals surface area (Å²) < 4.78 is 7.15. The number of amides is 2. The van der Waals surface area contributed by atoms with Gasteiger partial charge in [0.05, 0.1) is 29.5 Å². The number of benzene rings is 2. The number of aromatic nitrogens is 3. The first-order valence-electron chi connectivity index (χ1n) is 13.3. The van der Waals surface area contributed by atoms with E-state index in [0.29, 0.717) is 23.1 Å². The van der Waals surface area contributed by atoms with E-state index in [1.807, 2.05) is 60.7 Å². The maximum atomic E-state index is 13.8. The second kappa shape index (κ2) is 12.0. The van der Waals surface area contributed by atoms with Crippen LogP contribution in [0.15, 0.2) is 73.1 Å². The molecule has 212 valence electrons. The second-order valence-corrected chi connectivity index (χ2v) is 12.3. The van der Waals surface area contributed by atoms with Crippen LogP contribution < -0.4 is 15.0 Å². The van der Waals surface area contributed by atoms with Crippen LogP contribution in [-0.4, -0.2) is 46.0 Å². The molecule has 0 spiro atoms. The van der Waals surface area contributed by atoms with Gasteiger partial charge in [-0.2, -0.15) is 5.10 Å². The van der Waals surface area contributed by atoms with Gasteiger partial charge in [-0.3, -0.25) is 19.5 Å². The third-order valence-electron chi connectivity index (χ3n) is 6.82. The minimum absolute atomic E-state index is 0.159. The number of nitrogens with zero attached hydrogens (tertiary/aromatic N) is 4. The van der Waals surface area contributed by atoms with Gasteiger partial charge in [0.2, 0.25) is 11.8 Å². The van der Waals surface area contributed by atoms with Crippen molar-refractivity contribution >= 4 is 41.0 Å². The molecule has 0 saturated carbocycles. The number of fused-ring (bicyclic) bond motifs is 1. The quantitative estimate of drug-likeness (QED) is 0.297. The number of carbonyl (C=O) groups excluding carboxylic acids is 2. The van der Waals surface area contributed by atoms with E-state index in [-0.39, 0.29) is 34.8 Å². The number of hydrogen-bond acceptors (Lipinski definition) is 6. The lowest BCUT2D eigenvalue weighted by atomic mass is 9.87. The Balaban J connectivity index is 1.66. The SMILES string of the molecule is COc1ccc(-n2nc(C(C)(C)C)c3c2N(CC(=O)NCc2cccnc2)C(=O)CSC3c2ccccc2Cl)cc1. The highest BCUT2D eigenvalue weighted by Crippen LogP contribution is 2.49. The summed E-state index contributed by atoms with van der Waals surface area (Å²) in [6, 6.07) is 18.9. The molecule has 3 heterocycles. The van der Waals surface area contributed by atoms with Crippen molar-refractivity contribution in [3.63, 3.8) is 0 Å². The zero-order chi connectivity index (χ0) is 29.1. The maximum absolute atomic E-state index is 13.8. The minimum atomic E-state index is -0.372. The highest BCUT2D eigenvalue weighted by atomic mass is 35.5. The highest BCUT2D eigenvalue weighted by Gasteiger charge is 2.40. The smallest absolute Gasteiger partial charge is 0.240 e. The van der Waals surface area contributed by atoms with Crippen molar-refractivity contribution < 1.29 is 14.3 Å². The summed E-state index contributed by atoms with van der Waals surface area (Å²) in [6.07, 6.45) is 3.39. The average Bonchev–Trinajstić information content (AvgIpc) is 3.31. The molecule has 0 saturated heterocycles. The second-order valence-electron chi connectivity index (χ2n) is 10.8. The van der Waals surface area contributed by atoms with Gasteiger partial charge in [0.1, 0.15) is 18.1 Å². The molecule has 0 fully saturated rings. The van der Waals surface area contributed by atoms with Crippen molar-refractivity contribution in [2.24, 2.45) is 0 Å². The third kappa shape index (κ3) is 6.11. The zero-order valence-electron chi connectivity index (χ0n) is 23.4. The van der Waals surface area contributed by atoms with E-state index in [4.69, 9.17) is 21.4 Å². The standard InChI is InChI=1S/C31H32ClN5O3S/c1-31(2,3)29-27-28(23-9-5-6-10-24(23)32)41-19-26(39)36(18-25(38)34-17-20-8-7-15-33-16-20)30(27)37(35-29)21-11-13-22(40-4)14-12-21/h5-16,28H,17-19H2,1-4H3,(H,34,38). The molecule has 10 heteroatoms. The van der Waals surface area contributed by atoms with Gasteiger partial charge in [-0.15, -0.1) is 11.8 Å². The number of ether oxygens (including phenoxy) is 1. The molecule has 1 unspecified atom stereocenters. The Morgan fingerprint density at radius 3 is 2.54 bits per heavy atom. The molecule has 0 aliphatic carbocycles. The molecule has 2 aromatic carbocycles. The lowest BCUT2D eigenvalue weighted by Crippen LogP contribution is -2.42. The van der Waals surface area contributed by atoms with Crippen LogP contribution in [0.25, 0.3) is 5.69 Å². The number of nitrogens with one attached hydrogen (secondary N) is 1. The molecule has 2 aromatic heterocycles. The van der Waals surface area contributed by atoms with Crippen molar-refractivity contribution in [3.05, 3.63) is 100 Å². The number of methoxy groups -OCH3 is 1. The Labute approximate surface area is 249 Å². The van der Waals surface area contributed by atoms with E-state index < -0.39 is 0 Å². The fourth-order valence-electron chi connectivity index (χ4n) is 4.81. The fraction of sp³-hybridized carbons (Fsp3) is 0.290. The number of anilines is 1. The average molecular weight is 590 g/mol. The fourth-order valence-corrected chi connectivity index (χ4v) is 6.36. The van der Waals surface area contributed by atoms with E-state index >= 15 is 0 Å². The zero-order valence-corrected chi connectivity index (χ0v) is 25.0. The first kappa shape index (κ1) is 28.7. The number of thioether (sulfide) groups is 1. The van der Waals surface area contributed by atoms with Gasteiger partial charge in [-0.1, -0.05) is 56.6 Å². The van der Waals surface area contributed by atoms with Gasteiger partial charge >= 0.3 is 0 Å². The number of pyridine rings is 1. The van der Waals surface area contributed by atoms with Crippen molar-refractivity contribution in [2.45, 2.75) is 38.0 Å². The van der Waals surface area contributed by atoms with Crippen LogP contribution in [0.1, 0.15) is 48.4 Å². The normalized spacial score (nSPS) is 15.3. The minimum Gasteiger partial charge on any atom is -0.497 e. The van der Waals surface area contributed by atoms with Crippen LogP contribution in [0, 0.1) is 0 Å². The van der Waals surface area contributed by atoms with Gasteiger partial charge in [-0.25, -0.2) is 4.68 Å². The van der Waals surface area contributed by atoms with Crippen LogP contribution in [-0.2, 0) is 21.5 Å². The van der Waals surface area contributed by atoms with Crippen molar-refractivity contribution in [2.75, 3.05) is 24.3 Å². The molecule has 1 aliphatic rings. The number of halogens is 1. The number of rotatable bonds is 7. The van der Waals surface area contributed by atoms with Gasteiger partial charge in [0.15, 0.2) is 0 Å². The summed E-state index contributed by atoms with van der Waals surface area (Å²) in [5.74, 6) is 0.977. The molecule has 4 aromatic rings. The van der Waals surface area contributed by atoms with Crippen LogP contribution in [0.4, 0.5) is 5.82 Å². The van der Waals surface area contributed by atoms with E-state index in [1.54, 1.807) is 29.1 Å². The molecule has 0 radical (unpaired) electrons. The van der Waals surface area contributed by atoms with E-state index in [2.05, 4.69) is 31.1 Å². The molecule has 5 rings (SSSR count). The van der Waals surface area contributed by atoms with E-state index in [9.17, 15) is 9.59 Å².